The van der Waals surface area contributed by atoms with Gasteiger partial charge in [0.1, 0.15) is 12.3 Å². The van der Waals surface area contributed by atoms with Gasteiger partial charge in [-0.25, -0.2) is 4.98 Å². The van der Waals surface area contributed by atoms with Crippen LogP contribution in [-0.4, -0.2) is 48.5 Å². The number of aliphatic hydroxyl groups excluding tert-OH is 2. The van der Waals surface area contributed by atoms with Gasteiger partial charge in [0, 0.05) is 6.42 Å². The molecule has 0 bridgehead atoms. The van der Waals surface area contributed by atoms with E-state index in [-0.39, 0.29) is 36.1 Å². The highest BCUT2D eigenvalue weighted by Crippen LogP contribution is 2.34. The van der Waals surface area contributed by atoms with Crippen LogP contribution in [0, 0.1) is 0 Å². The van der Waals surface area contributed by atoms with Gasteiger partial charge in [-0.15, -0.1) is 10.2 Å². The van der Waals surface area contributed by atoms with Crippen molar-refractivity contribution in [1.29, 1.82) is 0 Å². The molecule has 27 heavy (non-hydrogen) atoms. The Bertz CT molecular complexity index is 1050. The molecule has 3 heterocycles. The number of hydrogen-bond acceptors (Lipinski definition) is 9. The highest BCUT2D eigenvalue weighted by Gasteiger charge is 2.37. The van der Waals surface area contributed by atoms with E-state index in [2.05, 4.69) is 25.2 Å². The second kappa shape index (κ2) is 6.87. The van der Waals surface area contributed by atoms with Crippen LogP contribution in [0.4, 0.5) is 17.6 Å². The van der Waals surface area contributed by atoms with E-state index < -0.39 is 24.0 Å². The molecule has 5 N–H and O–H groups in total. The summed E-state index contributed by atoms with van der Waals surface area (Å²) >= 11 is 0. The van der Waals surface area contributed by atoms with E-state index in [1.165, 1.54) is 4.57 Å². The Kier molecular flexibility index (Phi) is 4.39. The van der Waals surface area contributed by atoms with E-state index in [0.717, 1.165) is 0 Å². The normalized spacial score (nSPS) is 22.8. The third-order valence-corrected chi connectivity index (χ3v) is 4.23. The van der Waals surface area contributed by atoms with Crippen LogP contribution >= 0.6 is 0 Å². The summed E-state index contributed by atoms with van der Waals surface area (Å²) in [6, 6.07) is 9.00. The summed E-state index contributed by atoms with van der Waals surface area (Å²) in [4.78, 5) is 22.9. The zero-order valence-corrected chi connectivity index (χ0v) is 14.1. The Hall–Kier alpha value is -3.15. The molecule has 1 aromatic carbocycles. The van der Waals surface area contributed by atoms with Crippen LogP contribution in [0.25, 0.3) is 11.2 Å². The number of H-pyrrole nitrogens is 1. The number of ether oxygens (including phenoxy) is 1. The molecule has 0 radical (unpaired) electrons. The van der Waals surface area contributed by atoms with Gasteiger partial charge in [-0.1, -0.05) is 18.2 Å². The summed E-state index contributed by atoms with van der Waals surface area (Å²) in [5.41, 5.74) is 5.91. The number of hydrogen-bond donors (Lipinski definition) is 4. The fourth-order valence-corrected chi connectivity index (χ4v) is 2.96. The standard InChI is InChI=1S/C16H17N7O4/c17-15-19-13-12(14(26)20-15)18-16(22-21-8-4-2-1-3-5-8)23(13)11-6-9(25)10(7-24)27-11/h1-5,9-11,24-25H,6-7H2,(H3,17,19,20,26)/t9-,10+,11+/m0/s1. The molecule has 1 aliphatic heterocycles. The maximum atomic E-state index is 12.2. The Morgan fingerprint density at radius 2 is 2.07 bits per heavy atom. The summed E-state index contributed by atoms with van der Waals surface area (Å²) in [5.74, 6) is -0.00862. The lowest BCUT2D eigenvalue weighted by atomic mass is 10.2. The summed E-state index contributed by atoms with van der Waals surface area (Å²) in [6.07, 6.45) is -2.21. The van der Waals surface area contributed by atoms with Crippen molar-refractivity contribution in [2.45, 2.75) is 24.9 Å². The van der Waals surface area contributed by atoms with Crippen molar-refractivity contribution in [1.82, 2.24) is 19.5 Å². The number of fused-ring (bicyclic) bond motifs is 1. The molecule has 3 aromatic rings. The van der Waals surface area contributed by atoms with Gasteiger partial charge in [-0.3, -0.25) is 14.3 Å². The van der Waals surface area contributed by atoms with Crippen LogP contribution in [0.2, 0.25) is 0 Å². The molecule has 1 saturated heterocycles. The number of aromatic nitrogens is 4. The number of aromatic amines is 1. The zero-order valence-electron chi connectivity index (χ0n) is 14.1. The van der Waals surface area contributed by atoms with Crippen molar-refractivity contribution >= 4 is 28.7 Å². The van der Waals surface area contributed by atoms with Crippen LogP contribution < -0.4 is 11.3 Å². The van der Waals surface area contributed by atoms with Crippen molar-refractivity contribution in [3.8, 4) is 0 Å². The Morgan fingerprint density at radius 1 is 1.30 bits per heavy atom. The number of nitrogens with one attached hydrogen (secondary N) is 1. The maximum absolute atomic E-state index is 12.2. The molecule has 0 spiro atoms. The Labute approximate surface area is 152 Å². The van der Waals surface area contributed by atoms with Crippen molar-refractivity contribution in [2.75, 3.05) is 12.3 Å². The average molecular weight is 371 g/mol. The molecule has 0 saturated carbocycles. The highest BCUT2D eigenvalue weighted by atomic mass is 16.5. The lowest BCUT2D eigenvalue weighted by Crippen LogP contribution is -2.24. The predicted molar refractivity (Wildman–Crippen MR) is 94.8 cm³/mol. The minimum absolute atomic E-state index is 0.0248. The van der Waals surface area contributed by atoms with Gasteiger partial charge in [0.2, 0.25) is 5.95 Å². The number of benzene rings is 1. The van der Waals surface area contributed by atoms with Gasteiger partial charge < -0.3 is 20.7 Å². The molecule has 0 unspecified atom stereocenters. The quantitative estimate of drug-likeness (QED) is 0.491. The van der Waals surface area contributed by atoms with Gasteiger partial charge in [-0.05, 0) is 12.1 Å². The highest BCUT2D eigenvalue weighted by molar-refractivity contribution is 5.74. The molecule has 0 amide bonds. The summed E-state index contributed by atoms with van der Waals surface area (Å²) in [5, 5.41) is 27.6. The van der Waals surface area contributed by atoms with E-state index in [1.807, 2.05) is 18.2 Å². The first-order valence-corrected chi connectivity index (χ1v) is 8.25. The topological polar surface area (TPSA) is 164 Å². The molecule has 4 rings (SSSR count). The number of rotatable bonds is 4. The van der Waals surface area contributed by atoms with Crippen molar-refractivity contribution in [3.63, 3.8) is 0 Å². The first kappa shape index (κ1) is 17.3. The summed E-state index contributed by atoms with van der Waals surface area (Å²) < 4.78 is 7.13. The molecule has 1 aliphatic rings. The van der Waals surface area contributed by atoms with Crippen molar-refractivity contribution in [3.05, 3.63) is 40.7 Å². The second-order valence-corrected chi connectivity index (χ2v) is 6.06. The molecule has 0 aliphatic carbocycles. The smallest absolute Gasteiger partial charge is 0.280 e. The van der Waals surface area contributed by atoms with Gasteiger partial charge in [0.15, 0.2) is 11.2 Å². The van der Waals surface area contributed by atoms with Crippen LogP contribution in [0.5, 0.6) is 0 Å². The summed E-state index contributed by atoms with van der Waals surface area (Å²) in [7, 11) is 0. The molecular formula is C16H17N7O4. The third kappa shape index (κ3) is 3.18. The molecule has 2 aromatic heterocycles. The molecule has 11 heteroatoms. The fraction of sp³-hybridized carbons (Fsp3) is 0.312. The van der Waals surface area contributed by atoms with Crippen LogP contribution in [-0.2, 0) is 4.74 Å². The van der Waals surface area contributed by atoms with Gasteiger partial charge >= 0.3 is 0 Å². The predicted octanol–water partition coefficient (Wildman–Crippen LogP) is 0.758. The lowest BCUT2D eigenvalue weighted by Gasteiger charge is -2.14. The first-order chi connectivity index (χ1) is 13.1. The maximum Gasteiger partial charge on any atom is 0.280 e. The average Bonchev–Trinajstić information content (AvgIpc) is 3.20. The van der Waals surface area contributed by atoms with Crippen molar-refractivity contribution in [2.24, 2.45) is 10.2 Å². The van der Waals surface area contributed by atoms with Gasteiger partial charge in [-0.2, -0.15) is 4.98 Å². The number of nitrogens with two attached hydrogens (primary N) is 1. The number of nitrogens with zero attached hydrogens (tertiary/aromatic N) is 5. The number of azo groups is 1. The molecule has 1 fully saturated rings. The fourth-order valence-electron chi connectivity index (χ4n) is 2.96. The van der Waals surface area contributed by atoms with Crippen LogP contribution in [0.15, 0.2) is 45.4 Å². The SMILES string of the molecule is Nc1nc2c(nc(N=Nc3ccccc3)n2[C@H]2C[C@H](O)[C@@H](CO)O2)c(=O)[nH]1. The molecule has 140 valence electrons. The minimum Gasteiger partial charge on any atom is -0.394 e. The summed E-state index contributed by atoms with van der Waals surface area (Å²) in [6.45, 7) is -0.346. The molecule has 11 nitrogen and oxygen atoms in total. The zero-order chi connectivity index (χ0) is 19.0. The van der Waals surface area contributed by atoms with E-state index >= 15 is 0 Å². The largest absolute Gasteiger partial charge is 0.394 e. The number of imidazole rings is 1. The molecule has 3 atom stereocenters. The third-order valence-electron chi connectivity index (χ3n) is 4.23. The van der Waals surface area contributed by atoms with Crippen molar-refractivity contribution < 1.29 is 14.9 Å². The number of aliphatic hydroxyl groups is 2. The first-order valence-electron chi connectivity index (χ1n) is 8.25. The number of anilines is 1. The van der Waals surface area contributed by atoms with E-state index in [1.54, 1.807) is 12.1 Å². The number of nitrogen functional groups attached to an aromatic ring is 1. The van der Waals surface area contributed by atoms with E-state index in [4.69, 9.17) is 10.5 Å². The van der Waals surface area contributed by atoms with Crippen LogP contribution in [0.1, 0.15) is 12.6 Å². The van der Waals surface area contributed by atoms with Gasteiger partial charge in [0.05, 0.1) is 18.4 Å². The lowest BCUT2D eigenvalue weighted by molar-refractivity contribution is -0.0426. The minimum atomic E-state index is -0.879. The van der Waals surface area contributed by atoms with Crippen LogP contribution in [0.3, 0.4) is 0 Å². The van der Waals surface area contributed by atoms with Gasteiger partial charge in [0.25, 0.3) is 11.5 Å². The second-order valence-electron chi connectivity index (χ2n) is 6.06. The monoisotopic (exact) mass is 371 g/mol. The van der Waals surface area contributed by atoms with E-state index in [0.29, 0.717) is 5.69 Å². The van der Waals surface area contributed by atoms with E-state index in [9.17, 15) is 15.0 Å². The Morgan fingerprint density at radius 3 is 2.78 bits per heavy atom. The molecular weight excluding hydrogens is 354 g/mol. The Balaban J connectivity index is 1.84.